The van der Waals surface area contributed by atoms with Gasteiger partial charge in [-0.15, -0.1) is 12.2 Å². The summed E-state index contributed by atoms with van der Waals surface area (Å²) in [7, 11) is -5.51. The Morgan fingerprint density at radius 1 is 1.27 bits per heavy atom. The van der Waals surface area contributed by atoms with E-state index >= 15 is 0 Å². The molecule has 0 fully saturated rings. The Labute approximate surface area is 160 Å². The Hall–Kier alpha value is -1.57. The lowest BCUT2D eigenvalue weighted by molar-refractivity contribution is 0.221. The Balaban J connectivity index is 2.76. The minimum absolute atomic E-state index is 0.0743. The topological polar surface area (TPSA) is 43.4 Å². The van der Waals surface area contributed by atoms with Gasteiger partial charge < -0.3 is 4.43 Å². The molecule has 0 bridgehead atoms. The van der Waals surface area contributed by atoms with Gasteiger partial charge in [0, 0.05) is 0 Å². The van der Waals surface area contributed by atoms with Crippen molar-refractivity contribution in [3.63, 3.8) is 0 Å². The summed E-state index contributed by atoms with van der Waals surface area (Å²) in [5.74, 6) is 2.71. The van der Waals surface area contributed by atoms with Gasteiger partial charge in [-0.3, -0.25) is 0 Å². The molecule has 0 aliphatic rings. The molecule has 0 aliphatic carbocycles. The molecule has 1 aromatic carbocycles. The van der Waals surface area contributed by atoms with Crippen molar-refractivity contribution in [2.45, 2.75) is 69.2 Å². The highest BCUT2D eigenvalue weighted by atomic mass is 32.2. The third-order valence-corrected chi connectivity index (χ3v) is 11.3. The molecule has 0 aliphatic heterocycles. The van der Waals surface area contributed by atoms with Gasteiger partial charge in [0.15, 0.2) is 8.32 Å². The van der Waals surface area contributed by atoms with Gasteiger partial charge in [-0.05, 0) is 49.5 Å². The van der Waals surface area contributed by atoms with Crippen molar-refractivity contribution in [3.8, 4) is 12.3 Å². The molecule has 0 N–H and O–H groups in total. The highest BCUT2D eigenvalue weighted by Crippen LogP contribution is 2.37. The van der Waals surface area contributed by atoms with Gasteiger partial charge in [-0.2, -0.15) is 0 Å². The number of terminal acetylenes is 1. The van der Waals surface area contributed by atoms with E-state index < -0.39 is 18.2 Å². The number of sulfone groups is 1. The van der Waals surface area contributed by atoms with Crippen LogP contribution in [-0.2, 0) is 14.3 Å². The standard InChI is InChI=1S/C21H30O3SSi/c1-8-18(24-26(6,7)21(3,4)5)14-13-17-19(9-2)25(22,23)20-15-11-10-12-16-20/h1,10-12,15-16,18H,2,13-14,17H2,3-7H3. The zero-order valence-electron chi connectivity index (χ0n) is 16.5. The van der Waals surface area contributed by atoms with E-state index in [1.165, 1.54) is 0 Å². The Morgan fingerprint density at radius 2 is 1.85 bits per heavy atom. The Kier molecular flexibility index (Phi) is 7.67. The molecule has 1 rings (SSSR count). The zero-order valence-corrected chi connectivity index (χ0v) is 18.3. The summed E-state index contributed by atoms with van der Waals surface area (Å²) in [5.41, 5.74) is 2.60. The fraction of sp³-hybridized carbons (Fsp3) is 0.476. The molecule has 0 saturated heterocycles. The van der Waals surface area contributed by atoms with Crippen LogP contribution in [0.15, 0.2) is 52.4 Å². The minimum Gasteiger partial charge on any atom is -0.403 e. The van der Waals surface area contributed by atoms with Gasteiger partial charge in [-0.1, -0.05) is 51.5 Å². The maximum atomic E-state index is 12.7. The molecule has 0 heterocycles. The van der Waals surface area contributed by atoms with Crippen molar-refractivity contribution < 1.29 is 12.8 Å². The van der Waals surface area contributed by atoms with Crippen molar-refractivity contribution in [1.29, 1.82) is 0 Å². The molecule has 1 atom stereocenters. The van der Waals surface area contributed by atoms with Gasteiger partial charge >= 0.3 is 0 Å². The van der Waals surface area contributed by atoms with E-state index in [0.29, 0.717) is 19.3 Å². The average Bonchev–Trinajstić information content (AvgIpc) is 2.57. The molecule has 0 radical (unpaired) electrons. The highest BCUT2D eigenvalue weighted by molar-refractivity contribution is 7.95. The van der Waals surface area contributed by atoms with Crippen molar-refractivity contribution in [2.24, 2.45) is 0 Å². The van der Waals surface area contributed by atoms with Crippen molar-refractivity contribution >= 4 is 18.2 Å². The molecular formula is C21H30O3SSi. The number of allylic oxidation sites excluding steroid dienone is 1. The average molecular weight is 391 g/mol. The number of hydrogen-bond donors (Lipinski definition) is 0. The largest absolute Gasteiger partial charge is 0.403 e. The SMILES string of the molecule is C#CC(CCCC(=C=C)S(=O)(=O)c1ccccc1)O[Si](C)(C)C(C)(C)C. The van der Waals surface area contributed by atoms with Crippen LogP contribution >= 0.6 is 0 Å². The van der Waals surface area contributed by atoms with E-state index in [1.807, 2.05) is 0 Å². The maximum Gasteiger partial charge on any atom is 0.209 e. The summed E-state index contributed by atoms with van der Waals surface area (Å²) in [6.45, 7) is 14.4. The van der Waals surface area contributed by atoms with Crippen LogP contribution in [0.2, 0.25) is 18.1 Å². The Morgan fingerprint density at radius 3 is 2.31 bits per heavy atom. The first-order valence-electron chi connectivity index (χ1n) is 8.78. The lowest BCUT2D eigenvalue weighted by atomic mass is 10.1. The van der Waals surface area contributed by atoms with Crippen LogP contribution < -0.4 is 0 Å². The summed E-state index contributed by atoms with van der Waals surface area (Å²) in [6, 6.07) is 8.35. The first-order chi connectivity index (χ1) is 12.0. The van der Waals surface area contributed by atoms with E-state index in [9.17, 15) is 8.42 Å². The maximum absolute atomic E-state index is 12.7. The molecule has 0 amide bonds. The normalized spacial score (nSPS) is 13.5. The minimum atomic E-state index is -3.55. The number of rotatable bonds is 8. The van der Waals surface area contributed by atoms with Crippen LogP contribution in [-0.4, -0.2) is 22.8 Å². The molecule has 1 aromatic rings. The van der Waals surface area contributed by atoms with Gasteiger partial charge in [0.25, 0.3) is 0 Å². The monoisotopic (exact) mass is 390 g/mol. The smallest absolute Gasteiger partial charge is 0.209 e. The van der Waals surface area contributed by atoms with E-state index in [1.54, 1.807) is 30.3 Å². The third-order valence-electron chi connectivity index (χ3n) is 4.87. The second-order valence-electron chi connectivity index (χ2n) is 7.84. The predicted molar refractivity (Wildman–Crippen MR) is 111 cm³/mol. The second kappa shape index (κ2) is 8.88. The van der Waals surface area contributed by atoms with E-state index in [-0.39, 0.29) is 20.9 Å². The summed E-state index contributed by atoms with van der Waals surface area (Å²) >= 11 is 0. The van der Waals surface area contributed by atoms with Crippen LogP contribution in [0.25, 0.3) is 0 Å². The molecule has 1 unspecified atom stereocenters. The zero-order chi connectivity index (χ0) is 20.0. The van der Waals surface area contributed by atoms with Gasteiger partial charge in [0.05, 0.1) is 9.80 Å². The third kappa shape index (κ3) is 5.72. The fourth-order valence-corrected chi connectivity index (χ4v) is 4.87. The van der Waals surface area contributed by atoms with Gasteiger partial charge in [0.1, 0.15) is 6.10 Å². The summed E-state index contributed by atoms with van der Waals surface area (Å²) < 4.78 is 31.6. The second-order valence-corrected chi connectivity index (χ2v) is 14.6. The van der Waals surface area contributed by atoms with E-state index in [2.05, 4.69) is 52.1 Å². The first kappa shape index (κ1) is 22.5. The predicted octanol–water partition coefficient (Wildman–Crippen LogP) is 5.32. The number of hydrogen-bond acceptors (Lipinski definition) is 3. The molecule has 0 saturated carbocycles. The quantitative estimate of drug-likeness (QED) is 0.343. The molecule has 0 spiro atoms. The van der Waals surface area contributed by atoms with Crippen molar-refractivity contribution in [2.75, 3.05) is 0 Å². The molecule has 0 aromatic heterocycles. The van der Waals surface area contributed by atoms with Crippen LogP contribution in [0.1, 0.15) is 40.0 Å². The van der Waals surface area contributed by atoms with Crippen LogP contribution in [0, 0.1) is 12.3 Å². The summed E-state index contributed by atoms with van der Waals surface area (Å²) in [5, 5.41) is 0.0743. The fourth-order valence-electron chi connectivity index (χ4n) is 2.22. The van der Waals surface area contributed by atoms with Crippen LogP contribution in [0.3, 0.4) is 0 Å². The lowest BCUT2D eigenvalue weighted by Gasteiger charge is -2.38. The van der Waals surface area contributed by atoms with Gasteiger partial charge in [0.2, 0.25) is 9.84 Å². The summed E-state index contributed by atoms with van der Waals surface area (Å²) in [6.07, 6.45) is 6.90. The van der Waals surface area contributed by atoms with Crippen molar-refractivity contribution in [1.82, 2.24) is 0 Å². The van der Waals surface area contributed by atoms with Gasteiger partial charge in [-0.25, -0.2) is 8.42 Å². The van der Waals surface area contributed by atoms with Crippen molar-refractivity contribution in [3.05, 3.63) is 47.5 Å². The molecule has 3 nitrogen and oxygen atoms in total. The lowest BCUT2D eigenvalue weighted by Crippen LogP contribution is -2.43. The molecule has 5 heteroatoms. The first-order valence-corrected chi connectivity index (χ1v) is 13.2. The van der Waals surface area contributed by atoms with Crippen LogP contribution in [0.5, 0.6) is 0 Å². The highest BCUT2D eigenvalue weighted by Gasteiger charge is 2.38. The van der Waals surface area contributed by atoms with E-state index in [0.717, 1.165) is 0 Å². The molecule has 26 heavy (non-hydrogen) atoms. The summed E-state index contributed by atoms with van der Waals surface area (Å²) in [4.78, 5) is 0.462. The van der Waals surface area contributed by atoms with Crippen LogP contribution in [0.4, 0.5) is 0 Å². The van der Waals surface area contributed by atoms with E-state index in [4.69, 9.17) is 10.8 Å². The molecular weight excluding hydrogens is 360 g/mol. The number of benzene rings is 1. The molecule has 142 valence electrons. The Bertz CT molecular complexity index is 790.